The average Bonchev–Trinajstić information content (AvgIpc) is 2.67. The van der Waals surface area contributed by atoms with Crippen LogP contribution in [-0.2, 0) is 11.3 Å². The number of halogens is 1. The van der Waals surface area contributed by atoms with Crippen molar-refractivity contribution in [1.82, 2.24) is 15.1 Å². The molecule has 112 valence electrons. The molecule has 0 aliphatic heterocycles. The van der Waals surface area contributed by atoms with E-state index in [-0.39, 0.29) is 17.5 Å². The monoisotopic (exact) mass is 302 g/mol. The third-order valence-corrected chi connectivity index (χ3v) is 3.38. The molecule has 0 spiro atoms. The maximum Gasteiger partial charge on any atom is 0.408 e. The fourth-order valence-electron chi connectivity index (χ4n) is 1.75. The maximum absolute atomic E-state index is 11.7. The highest BCUT2D eigenvalue weighted by Gasteiger charge is 2.24. The Kier molecular flexibility index (Phi) is 6.44. The Labute approximate surface area is 122 Å². The van der Waals surface area contributed by atoms with E-state index in [1.54, 1.807) is 6.92 Å². The molecule has 0 aromatic carbocycles. The van der Waals surface area contributed by atoms with E-state index < -0.39 is 10.7 Å². The van der Waals surface area contributed by atoms with Crippen molar-refractivity contribution in [2.75, 3.05) is 6.54 Å². The molecule has 1 N–H and O–H groups in total. The van der Waals surface area contributed by atoms with Crippen LogP contribution in [0.15, 0.2) is 0 Å². The van der Waals surface area contributed by atoms with Gasteiger partial charge in [0.25, 0.3) is 0 Å². The summed E-state index contributed by atoms with van der Waals surface area (Å²) in [6.07, 6.45) is 4.30. The number of nitro groups is 1. The molecule has 1 heterocycles. The number of hydrogen-bond donors (Lipinski definition) is 1. The second-order valence-electron chi connectivity index (χ2n) is 4.55. The van der Waals surface area contributed by atoms with Crippen LogP contribution in [0.2, 0.25) is 5.02 Å². The Morgan fingerprint density at radius 1 is 1.45 bits per heavy atom. The van der Waals surface area contributed by atoms with E-state index in [2.05, 4.69) is 17.3 Å². The molecule has 1 amide bonds. The maximum atomic E-state index is 11.7. The molecule has 0 saturated carbocycles. The molecular formula is C12H19ClN4O3. The quantitative estimate of drug-likeness (QED) is 0.454. The molecule has 0 fully saturated rings. The van der Waals surface area contributed by atoms with Crippen LogP contribution in [-0.4, -0.2) is 27.2 Å². The van der Waals surface area contributed by atoms with Gasteiger partial charge >= 0.3 is 5.82 Å². The highest BCUT2D eigenvalue weighted by molar-refractivity contribution is 6.33. The fourth-order valence-corrected chi connectivity index (χ4v) is 1.95. The second-order valence-corrected chi connectivity index (χ2v) is 4.93. The molecule has 0 radical (unpaired) electrons. The van der Waals surface area contributed by atoms with E-state index in [9.17, 15) is 14.9 Å². The Hall–Kier alpha value is -1.63. The molecule has 0 unspecified atom stereocenters. The number of aromatic nitrogens is 2. The van der Waals surface area contributed by atoms with Gasteiger partial charge in [0.2, 0.25) is 5.91 Å². The van der Waals surface area contributed by atoms with Crippen molar-refractivity contribution in [3.63, 3.8) is 0 Å². The molecule has 8 heteroatoms. The third-order valence-electron chi connectivity index (χ3n) is 2.94. The number of nitrogens with one attached hydrogen (secondary N) is 1. The minimum Gasteiger partial charge on any atom is -0.358 e. The number of nitrogens with zero attached hydrogens (tertiary/aromatic N) is 3. The number of unbranched alkanes of at least 4 members (excludes halogenated alkanes) is 3. The summed E-state index contributed by atoms with van der Waals surface area (Å²) >= 11 is 5.80. The number of carbonyl (C=O) groups excluding carboxylic acids is 1. The molecule has 1 aromatic rings. The van der Waals surface area contributed by atoms with E-state index in [1.807, 2.05) is 0 Å². The van der Waals surface area contributed by atoms with Crippen LogP contribution < -0.4 is 5.32 Å². The Morgan fingerprint density at radius 2 is 2.15 bits per heavy atom. The van der Waals surface area contributed by atoms with Gasteiger partial charge in [-0.15, -0.1) is 0 Å². The predicted octanol–water partition coefficient (Wildman–Crippen LogP) is 2.45. The van der Waals surface area contributed by atoms with Crippen LogP contribution in [0.1, 0.15) is 38.3 Å². The van der Waals surface area contributed by atoms with Gasteiger partial charge in [0, 0.05) is 6.54 Å². The van der Waals surface area contributed by atoms with Gasteiger partial charge in [-0.05, 0) is 18.3 Å². The lowest BCUT2D eigenvalue weighted by Gasteiger charge is -2.04. The number of carbonyl (C=O) groups is 1. The number of hydrogen-bond acceptors (Lipinski definition) is 4. The standard InChI is InChI=1S/C12H19ClN4O3/c1-3-4-5-6-7-14-10(18)8-16-9(2)11(13)12(15-16)17(19)20/h3-8H2,1-2H3,(H,14,18). The normalized spacial score (nSPS) is 10.6. The fraction of sp³-hybridized carbons (Fsp3) is 0.667. The van der Waals surface area contributed by atoms with Crippen molar-refractivity contribution >= 4 is 23.3 Å². The first kappa shape index (κ1) is 16.4. The summed E-state index contributed by atoms with van der Waals surface area (Å²) in [5.74, 6) is -0.640. The molecular weight excluding hydrogens is 284 g/mol. The van der Waals surface area contributed by atoms with Crippen molar-refractivity contribution in [2.45, 2.75) is 46.1 Å². The van der Waals surface area contributed by atoms with Gasteiger partial charge in [0.15, 0.2) is 5.02 Å². The minimum absolute atomic E-state index is 0.0225. The van der Waals surface area contributed by atoms with Gasteiger partial charge in [-0.3, -0.25) is 4.79 Å². The van der Waals surface area contributed by atoms with Crippen LogP contribution in [0.25, 0.3) is 0 Å². The van der Waals surface area contributed by atoms with Gasteiger partial charge in [0.1, 0.15) is 6.54 Å². The zero-order valence-corrected chi connectivity index (χ0v) is 12.4. The largest absolute Gasteiger partial charge is 0.408 e. The second kappa shape index (κ2) is 7.84. The van der Waals surface area contributed by atoms with Crippen molar-refractivity contribution in [3.05, 3.63) is 20.8 Å². The van der Waals surface area contributed by atoms with E-state index >= 15 is 0 Å². The lowest BCUT2D eigenvalue weighted by atomic mass is 10.2. The lowest BCUT2D eigenvalue weighted by Crippen LogP contribution is -2.29. The molecule has 0 aliphatic rings. The highest BCUT2D eigenvalue weighted by atomic mass is 35.5. The summed E-state index contributed by atoms with van der Waals surface area (Å²) in [4.78, 5) is 21.7. The van der Waals surface area contributed by atoms with Crippen molar-refractivity contribution in [1.29, 1.82) is 0 Å². The summed E-state index contributed by atoms with van der Waals surface area (Å²) in [5, 5.41) is 17.2. The number of rotatable bonds is 8. The van der Waals surface area contributed by atoms with E-state index in [0.29, 0.717) is 12.2 Å². The molecule has 1 aromatic heterocycles. The van der Waals surface area contributed by atoms with E-state index in [4.69, 9.17) is 11.6 Å². The molecule has 7 nitrogen and oxygen atoms in total. The van der Waals surface area contributed by atoms with Crippen LogP contribution >= 0.6 is 11.6 Å². The zero-order valence-electron chi connectivity index (χ0n) is 11.7. The molecule has 0 saturated heterocycles. The highest BCUT2D eigenvalue weighted by Crippen LogP contribution is 2.26. The predicted molar refractivity (Wildman–Crippen MR) is 75.8 cm³/mol. The van der Waals surface area contributed by atoms with Crippen LogP contribution in [0.5, 0.6) is 0 Å². The summed E-state index contributed by atoms with van der Waals surface area (Å²) in [5.41, 5.74) is 0.416. The Morgan fingerprint density at radius 3 is 2.70 bits per heavy atom. The van der Waals surface area contributed by atoms with Gasteiger partial charge in [-0.25, -0.2) is 0 Å². The Balaban J connectivity index is 2.50. The van der Waals surface area contributed by atoms with Gasteiger partial charge < -0.3 is 15.4 Å². The molecule has 1 rings (SSSR count). The van der Waals surface area contributed by atoms with Crippen LogP contribution in [0.3, 0.4) is 0 Å². The van der Waals surface area contributed by atoms with Crippen molar-refractivity contribution in [3.8, 4) is 0 Å². The van der Waals surface area contributed by atoms with Crippen LogP contribution in [0.4, 0.5) is 5.82 Å². The number of amides is 1. The van der Waals surface area contributed by atoms with Crippen molar-refractivity contribution in [2.24, 2.45) is 0 Å². The molecule has 0 bridgehead atoms. The van der Waals surface area contributed by atoms with Gasteiger partial charge in [0.05, 0.1) is 10.8 Å². The third kappa shape index (κ3) is 4.48. The zero-order chi connectivity index (χ0) is 15.1. The molecule has 0 aliphatic carbocycles. The minimum atomic E-state index is -0.658. The SMILES string of the molecule is CCCCCCNC(=O)Cn1nc([N+](=O)[O-])c(Cl)c1C. The summed E-state index contributed by atoms with van der Waals surface area (Å²) in [6.45, 7) is 4.26. The smallest absolute Gasteiger partial charge is 0.358 e. The topological polar surface area (TPSA) is 90.1 Å². The summed E-state index contributed by atoms with van der Waals surface area (Å²) in [7, 11) is 0. The first-order valence-electron chi connectivity index (χ1n) is 6.61. The molecule has 0 atom stereocenters. The van der Waals surface area contributed by atoms with Gasteiger partial charge in [-0.1, -0.05) is 37.8 Å². The van der Waals surface area contributed by atoms with Gasteiger partial charge in [-0.2, -0.15) is 4.68 Å². The average molecular weight is 303 g/mol. The van der Waals surface area contributed by atoms with Crippen LogP contribution in [0, 0.1) is 17.0 Å². The molecule has 20 heavy (non-hydrogen) atoms. The Bertz CT molecular complexity index is 487. The first-order valence-corrected chi connectivity index (χ1v) is 6.99. The van der Waals surface area contributed by atoms with E-state index in [1.165, 1.54) is 4.68 Å². The van der Waals surface area contributed by atoms with Crippen molar-refractivity contribution < 1.29 is 9.72 Å². The lowest BCUT2D eigenvalue weighted by molar-refractivity contribution is -0.389. The van der Waals surface area contributed by atoms with E-state index in [0.717, 1.165) is 25.7 Å². The summed E-state index contributed by atoms with van der Waals surface area (Å²) < 4.78 is 1.25. The summed E-state index contributed by atoms with van der Waals surface area (Å²) in [6, 6.07) is 0. The first-order chi connectivity index (χ1) is 9.47.